The number of aromatic nitrogens is 2. The van der Waals surface area contributed by atoms with E-state index in [1.165, 1.54) is 55.7 Å². The summed E-state index contributed by atoms with van der Waals surface area (Å²) in [6.07, 6.45) is 1.63. The van der Waals surface area contributed by atoms with Crippen molar-refractivity contribution in [3.63, 3.8) is 0 Å². The number of H-pyrrole nitrogens is 1. The van der Waals surface area contributed by atoms with Gasteiger partial charge in [-0.25, -0.2) is 4.98 Å². The molecule has 0 aromatic carbocycles. The molecule has 32 heteroatoms. The number of hydrogen-bond acceptors (Lipinski definition) is 18. The van der Waals surface area contributed by atoms with E-state index in [0.29, 0.717) is 12.1 Å². The van der Waals surface area contributed by atoms with Crippen molar-refractivity contribution in [2.75, 3.05) is 29.6 Å². The number of carbonyl (C=O) groups is 11. The smallest absolute Gasteiger partial charge is 0.244 e. The van der Waals surface area contributed by atoms with Gasteiger partial charge in [-0.05, 0) is 25.2 Å². The van der Waals surface area contributed by atoms with E-state index in [-0.39, 0.29) is 61.2 Å². The van der Waals surface area contributed by atoms with Crippen molar-refractivity contribution < 1.29 is 52.7 Å². The zero-order chi connectivity index (χ0) is 52.8. The Kier molecular flexibility index (Phi) is 25.1. The molecule has 1 aromatic heterocycles. The van der Waals surface area contributed by atoms with Crippen LogP contribution in [0.1, 0.15) is 58.1 Å². The van der Waals surface area contributed by atoms with E-state index in [0.717, 1.165) is 0 Å². The van der Waals surface area contributed by atoms with Gasteiger partial charge in [0.2, 0.25) is 65.0 Å². The molecule has 71 heavy (non-hydrogen) atoms. The van der Waals surface area contributed by atoms with Gasteiger partial charge >= 0.3 is 0 Å². The number of primary amides is 3. The number of carbonyl (C=O) groups excluding carboxylic acids is 11. The first-order valence-corrected chi connectivity index (χ1v) is 27.1. The Bertz CT molecular complexity index is 2100. The maximum absolute atomic E-state index is 14.3. The number of imidazole rings is 1. The second-order valence-electron chi connectivity index (χ2n) is 16.4. The van der Waals surface area contributed by atoms with E-state index in [1.807, 2.05) is 0 Å². The number of aromatic amines is 1. The maximum atomic E-state index is 14.3. The van der Waals surface area contributed by atoms with E-state index in [1.54, 1.807) is 13.8 Å². The fourth-order valence-corrected chi connectivity index (χ4v) is 11.2. The van der Waals surface area contributed by atoms with Crippen LogP contribution in [0.2, 0.25) is 0 Å². The molecular formula is C39H63N17O11S4. The molecule has 10 atom stereocenters. The second-order valence-corrected chi connectivity index (χ2v) is 21.5. The zero-order valence-corrected chi connectivity index (χ0v) is 42.2. The van der Waals surface area contributed by atoms with Crippen molar-refractivity contribution in [2.24, 2.45) is 45.3 Å². The highest BCUT2D eigenvalue weighted by Gasteiger charge is 2.37. The standard InChI is InChI=1S/C39H63N17O11S4/c1-3-17(2)29(38(67)55-26-15-69-68-12-23(30(43)59)52-36(26)65)56-33(62)21(6-7-27(41)57)50-34(63)22(9-18-11-46-16-48-18)51-32(61)20(5-4-8-47-39(44)45)49-35(64)25-14-71-70-13-24(37(66)54-25)53-31(60)19(40)10-28(42)58/h11,16-17,19-26,29H,3-10,12-15,40H2,1-2H3,(H2,41,57)(H2,42,58)(H2,43,59)(H,46,48)(H,49,64)(H,50,63)(H,51,61)(H,52,65)(H,53,60)(H,54,66)(H,55,67)(H,56,62)(H4,44,45,47)/t17-,19-,20-,21-,22-,23-,24-,25-,26-,29-/m0/s1. The lowest BCUT2D eigenvalue weighted by molar-refractivity contribution is -0.136. The largest absolute Gasteiger partial charge is 0.370 e. The number of guanidine groups is 1. The van der Waals surface area contributed by atoms with E-state index in [2.05, 4.69) is 57.5 Å². The van der Waals surface area contributed by atoms with Crippen LogP contribution < -0.4 is 76.9 Å². The van der Waals surface area contributed by atoms with Crippen molar-refractivity contribution in [1.82, 2.24) is 52.5 Å². The molecule has 11 amide bonds. The lowest BCUT2D eigenvalue weighted by atomic mass is 9.97. The van der Waals surface area contributed by atoms with Crippen molar-refractivity contribution in [3.8, 4) is 0 Å². The molecule has 0 unspecified atom stereocenters. The average Bonchev–Trinajstić information content (AvgIpc) is 3.82. The van der Waals surface area contributed by atoms with Gasteiger partial charge in [0.15, 0.2) is 5.96 Å². The molecule has 21 N–H and O–H groups in total. The van der Waals surface area contributed by atoms with Crippen molar-refractivity contribution in [3.05, 3.63) is 18.2 Å². The van der Waals surface area contributed by atoms with Gasteiger partial charge in [-0.15, -0.1) is 0 Å². The van der Waals surface area contributed by atoms with Gasteiger partial charge in [-0.3, -0.25) is 57.7 Å². The summed E-state index contributed by atoms with van der Waals surface area (Å²) in [6, 6.07) is -11.5. The molecule has 28 nitrogen and oxygen atoms in total. The number of hydrogen-bond donors (Lipinski definition) is 15. The number of nitrogens with two attached hydrogens (primary N) is 6. The zero-order valence-electron chi connectivity index (χ0n) is 38.9. The molecule has 0 saturated carbocycles. The van der Waals surface area contributed by atoms with Crippen molar-refractivity contribution in [1.29, 1.82) is 0 Å². The second kappa shape index (κ2) is 30.0. The Labute approximate surface area is 423 Å². The van der Waals surface area contributed by atoms with Gasteiger partial charge < -0.3 is 81.9 Å². The molecule has 1 aromatic rings. The van der Waals surface area contributed by atoms with Crippen LogP contribution >= 0.6 is 43.2 Å². The number of aliphatic imine (C=N–C) groups is 1. The normalized spacial score (nSPS) is 20.8. The van der Waals surface area contributed by atoms with Crippen LogP contribution in [-0.2, 0) is 59.2 Å². The summed E-state index contributed by atoms with van der Waals surface area (Å²) < 4.78 is 0. The minimum atomic E-state index is -1.52. The van der Waals surface area contributed by atoms with Gasteiger partial charge in [0.05, 0.1) is 18.8 Å². The van der Waals surface area contributed by atoms with Gasteiger partial charge in [0.1, 0.15) is 48.3 Å². The minimum Gasteiger partial charge on any atom is -0.370 e. The number of nitrogens with zero attached hydrogens (tertiary/aromatic N) is 2. The van der Waals surface area contributed by atoms with Crippen LogP contribution in [-0.4, -0.2) is 165 Å². The molecule has 2 saturated heterocycles. The molecule has 0 aliphatic carbocycles. The maximum Gasteiger partial charge on any atom is 0.244 e. The van der Waals surface area contributed by atoms with Crippen LogP contribution in [0.5, 0.6) is 0 Å². The number of amides is 11. The summed E-state index contributed by atoms with van der Waals surface area (Å²) in [5, 5.41) is 20.6. The third kappa shape index (κ3) is 20.7. The first-order valence-electron chi connectivity index (χ1n) is 22.2. The van der Waals surface area contributed by atoms with Gasteiger partial charge in [-0.2, -0.15) is 0 Å². The molecule has 394 valence electrons. The highest BCUT2D eigenvalue weighted by Crippen LogP contribution is 2.26. The van der Waals surface area contributed by atoms with Gasteiger partial charge in [0, 0.05) is 54.3 Å². The van der Waals surface area contributed by atoms with Crippen LogP contribution in [0.3, 0.4) is 0 Å². The summed E-state index contributed by atoms with van der Waals surface area (Å²) in [7, 11) is 4.87. The molecule has 3 heterocycles. The average molecular weight is 1070 g/mol. The van der Waals surface area contributed by atoms with E-state index < -0.39 is 138 Å². The van der Waals surface area contributed by atoms with Crippen LogP contribution in [0, 0.1) is 5.92 Å². The molecule has 0 bridgehead atoms. The summed E-state index contributed by atoms with van der Waals surface area (Å²) in [5.41, 5.74) is 33.0. The molecule has 3 rings (SSSR count). The quantitative estimate of drug-likeness (QED) is 0.0178. The molecule has 2 fully saturated rings. The van der Waals surface area contributed by atoms with E-state index >= 15 is 0 Å². The SMILES string of the molecule is CC[C@H](C)[C@H](NC(=O)[C@H](CCC(N)=O)NC(=O)[C@H](Cc1cnc[nH]1)NC(=O)[C@H](CCCN=C(N)N)NC(=O)[C@@H]1CSSC[C@H](NC(=O)[C@@H](N)CC(N)=O)C(=O)N1)C(=O)N[C@H]1CSSC[C@@H](C(N)=O)NC1=O. The minimum absolute atomic E-state index is 0.0249. The first kappa shape index (κ1) is 59.3. The summed E-state index contributed by atoms with van der Waals surface area (Å²) in [5.74, 6) is -9.30. The first-order chi connectivity index (χ1) is 33.6. The molecule has 2 aliphatic heterocycles. The molecule has 0 spiro atoms. The van der Waals surface area contributed by atoms with Crippen LogP contribution in [0.4, 0.5) is 0 Å². The van der Waals surface area contributed by atoms with E-state index in [4.69, 9.17) is 34.4 Å². The highest BCUT2D eigenvalue weighted by atomic mass is 33.1. The van der Waals surface area contributed by atoms with E-state index in [9.17, 15) is 52.7 Å². The Balaban J connectivity index is 1.86. The number of rotatable bonds is 26. The Hall–Kier alpha value is -5.99. The lowest BCUT2D eigenvalue weighted by Gasteiger charge is -2.30. The Morgan fingerprint density at radius 1 is 0.718 bits per heavy atom. The van der Waals surface area contributed by atoms with Crippen molar-refractivity contribution >= 4 is 114 Å². The summed E-state index contributed by atoms with van der Waals surface area (Å²) in [6.45, 7) is 3.45. The lowest BCUT2D eigenvalue weighted by Crippen LogP contribution is -2.62. The topological polar surface area (TPSA) is 481 Å². The molecule has 0 radical (unpaired) electrons. The van der Waals surface area contributed by atoms with Crippen LogP contribution in [0.15, 0.2) is 17.5 Å². The Morgan fingerprint density at radius 2 is 1.27 bits per heavy atom. The van der Waals surface area contributed by atoms with Crippen molar-refractivity contribution in [2.45, 2.75) is 113 Å². The summed E-state index contributed by atoms with van der Waals surface area (Å²) in [4.78, 5) is 155. The monoisotopic (exact) mass is 1070 g/mol. The summed E-state index contributed by atoms with van der Waals surface area (Å²) >= 11 is 0. The van der Waals surface area contributed by atoms with Gasteiger partial charge in [-0.1, -0.05) is 63.4 Å². The third-order valence-electron chi connectivity index (χ3n) is 10.7. The predicted molar refractivity (Wildman–Crippen MR) is 266 cm³/mol. The fourth-order valence-electron chi connectivity index (χ4n) is 6.53. The highest BCUT2D eigenvalue weighted by molar-refractivity contribution is 8.77. The third-order valence-corrected chi connectivity index (χ3v) is 15.6. The molecular weight excluding hydrogens is 1010 g/mol. The molecule has 2 aliphatic rings. The van der Waals surface area contributed by atoms with Gasteiger partial charge in [0.25, 0.3) is 0 Å². The number of nitrogens with one attached hydrogen (secondary N) is 9. The predicted octanol–water partition coefficient (Wildman–Crippen LogP) is -6.33. The van der Waals surface area contributed by atoms with Crippen LogP contribution in [0.25, 0.3) is 0 Å². The Morgan fingerprint density at radius 3 is 1.83 bits per heavy atom. The fraction of sp³-hybridized carbons (Fsp3) is 0.615.